The van der Waals surface area contributed by atoms with E-state index in [0.717, 1.165) is 0 Å². The third kappa shape index (κ3) is 2.85. The summed E-state index contributed by atoms with van der Waals surface area (Å²) in [5.41, 5.74) is 7.20. The lowest BCUT2D eigenvalue weighted by Gasteiger charge is -2.21. The molecule has 0 saturated heterocycles. The fourth-order valence-corrected chi connectivity index (χ4v) is 3.61. The second kappa shape index (κ2) is 6.78. The van der Waals surface area contributed by atoms with Crippen molar-refractivity contribution in [3.8, 4) is 0 Å². The standard InChI is InChI=1S/C21H12Cl2N2O3/c22-10-7-8-14(23)13(9-10)21(28)25-16-6-2-4-12-18(16)20(27)17-11(19(12)26)3-1-5-15(17)24/h1-9H,24H2,(H,25,28). The van der Waals surface area contributed by atoms with Crippen LogP contribution in [-0.4, -0.2) is 17.5 Å². The van der Waals surface area contributed by atoms with Crippen LogP contribution < -0.4 is 11.1 Å². The summed E-state index contributed by atoms with van der Waals surface area (Å²) in [6, 6.07) is 13.9. The second-order valence-corrected chi connectivity index (χ2v) is 7.08. The van der Waals surface area contributed by atoms with E-state index in [1.54, 1.807) is 42.5 Å². The zero-order valence-corrected chi connectivity index (χ0v) is 15.8. The highest BCUT2D eigenvalue weighted by molar-refractivity contribution is 6.37. The second-order valence-electron chi connectivity index (χ2n) is 6.23. The van der Waals surface area contributed by atoms with Crippen molar-refractivity contribution in [2.75, 3.05) is 11.1 Å². The van der Waals surface area contributed by atoms with Gasteiger partial charge in [-0.05, 0) is 30.3 Å². The maximum absolute atomic E-state index is 13.1. The summed E-state index contributed by atoms with van der Waals surface area (Å²) in [5, 5.41) is 3.22. The largest absolute Gasteiger partial charge is 0.398 e. The van der Waals surface area contributed by atoms with Gasteiger partial charge in [-0.3, -0.25) is 14.4 Å². The quantitative estimate of drug-likeness (QED) is 0.472. The fourth-order valence-electron chi connectivity index (χ4n) is 3.23. The number of benzene rings is 3. The van der Waals surface area contributed by atoms with Gasteiger partial charge in [0.1, 0.15) is 0 Å². The van der Waals surface area contributed by atoms with Gasteiger partial charge in [0.05, 0.1) is 27.4 Å². The molecule has 0 bridgehead atoms. The lowest BCUT2D eigenvalue weighted by Crippen LogP contribution is -2.25. The SMILES string of the molecule is Nc1cccc2c1C(=O)c1c(NC(=O)c3cc(Cl)ccc3Cl)cccc1C2=O. The number of nitrogen functional groups attached to an aromatic ring is 1. The molecular weight excluding hydrogens is 399 g/mol. The molecule has 0 aromatic heterocycles. The molecule has 0 fully saturated rings. The van der Waals surface area contributed by atoms with E-state index in [-0.39, 0.29) is 50.0 Å². The molecule has 5 nitrogen and oxygen atoms in total. The first kappa shape index (κ1) is 18.2. The van der Waals surface area contributed by atoms with Gasteiger partial charge in [0.25, 0.3) is 5.91 Å². The van der Waals surface area contributed by atoms with Crippen molar-refractivity contribution in [3.05, 3.63) is 92.5 Å². The van der Waals surface area contributed by atoms with Gasteiger partial charge in [-0.15, -0.1) is 0 Å². The predicted octanol–water partition coefficient (Wildman–Crippen LogP) is 4.60. The molecule has 0 aliphatic heterocycles. The van der Waals surface area contributed by atoms with Crippen LogP contribution >= 0.6 is 23.2 Å². The first-order valence-electron chi connectivity index (χ1n) is 8.26. The number of carbonyl (C=O) groups excluding carboxylic acids is 3. The maximum atomic E-state index is 13.1. The number of carbonyl (C=O) groups is 3. The van der Waals surface area contributed by atoms with Crippen LogP contribution in [0, 0.1) is 0 Å². The minimum atomic E-state index is -0.548. The molecule has 7 heteroatoms. The zero-order valence-electron chi connectivity index (χ0n) is 14.3. The van der Waals surface area contributed by atoms with E-state index in [4.69, 9.17) is 28.9 Å². The molecule has 1 amide bonds. The molecule has 3 aromatic carbocycles. The average Bonchev–Trinajstić information content (AvgIpc) is 2.67. The summed E-state index contributed by atoms with van der Waals surface area (Å²) >= 11 is 12.0. The number of hydrogen-bond donors (Lipinski definition) is 2. The van der Waals surface area contributed by atoms with Gasteiger partial charge < -0.3 is 11.1 Å². The molecule has 0 unspecified atom stereocenters. The molecule has 0 heterocycles. The molecule has 3 aromatic rings. The van der Waals surface area contributed by atoms with Gasteiger partial charge in [-0.1, -0.05) is 47.5 Å². The number of fused-ring (bicyclic) bond motifs is 2. The molecule has 28 heavy (non-hydrogen) atoms. The van der Waals surface area contributed by atoms with Crippen LogP contribution in [0.3, 0.4) is 0 Å². The van der Waals surface area contributed by atoms with Gasteiger partial charge in [0.15, 0.2) is 11.6 Å². The minimum absolute atomic E-state index is 0.101. The molecule has 4 rings (SSSR count). The third-order valence-electron chi connectivity index (χ3n) is 4.53. The van der Waals surface area contributed by atoms with Gasteiger partial charge in [0, 0.05) is 21.8 Å². The highest BCUT2D eigenvalue weighted by Crippen LogP contribution is 2.35. The van der Waals surface area contributed by atoms with E-state index in [1.165, 1.54) is 12.1 Å². The minimum Gasteiger partial charge on any atom is -0.398 e. The Morgan fingerprint density at radius 3 is 2.29 bits per heavy atom. The highest BCUT2D eigenvalue weighted by atomic mass is 35.5. The van der Waals surface area contributed by atoms with E-state index in [1.807, 2.05) is 0 Å². The molecular formula is C21H12Cl2N2O3. The Morgan fingerprint density at radius 1 is 0.857 bits per heavy atom. The van der Waals surface area contributed by atoms with Crippen LogP contribution in [-0.2, 0) is 0 Å². The Bertz CT molecular complexity index is 1190. The number of nitrogens with two attached hydrogens (primary N) is 1. The molecule has 1 aliphatic carbocycles. The zero-order chi connectivity index (χ0) is 20.0. The Labute approximate surface area is 170 Å². The van der Waals surface area contributed by atoms with Crippen molar-refractivity contribution in [2.45, 2.75) is 0 Å². The summed E-state index contributed by atoms with van der Waals surface area (Å²) in [6.45, 7) is 0. The Hall–Kier alpha value is -3.15. The van der Waals surface area contributed by atoms with Crippen molar-refractivity contribution in [3.63, 3.8) is 0 Å². The van der Waals surface area contributed by atoms with Crippen molar-refractivity contribution in [1.82, 2.24) is 0 Å². The Balaban J connectivity index is 1.81. The number of anilines is 2. The van der Waals surface area contributed by atoms with E-state index in [0.29, 0.717) is 5.02 Å². The van der Waals surface area contributed by atoms with Crippen LogP contribution in [0.5, 0.6) is 0 Å². The van der Waals surface area contributed by atoms with Gasteiger partial charge in [-0.25, -0.2) is 0 Å². The molecule has 0 spiro atoms. The summed E-state index contributed by atoms with van der Waals surface area (Å²) in [7, 11) is 0. The molecule has 0 atom stereocenters. The number of nitrogens with one attached hydrogen (secondary N) is 1. The molecule has 1 aliphatic rings. The third-order valence-corrected chi connectivity index (χ3v) is 5.09. The van der Waals surface area contributed by atoms with E-state index >= 15 is 0 Å². The van der Waals surface area contributed by atoms with Crippen molar-refractivity contribution >= 4 is 52.1 Å². The van der Waals surface area contributed by atoms with E-state index < -0.39 is 11.7 Å². The summed E-state index contributed by atoms with van der Waals surface area (Å²) in [5.74, 6) is -1.29. The summed E-state index contributed by atoms with van der Waals surface area (Å²) in [4.78, 5) is 38.7. The van der Waals surface area contributed by atoms with Gasteiger partial charge >= 0.3 is 0 Å². The van der Waals surface area contributed by atoms with Crippen LogP contribution in [0.1, 0.15) is 42.2 Å². The first-order chi connectivity index (χ1) is 13.4. The number of amides is 1. The van der Waals surface area contributed by atoms with Crippen LogP contribution in [0.25, 0.3) is 0 Å². The predicted molar refractivity (Wildman–Crippen MR) is 109 cm³/mol. The number of rotatable bonds is 2. The first-order valence-corrected chi connectivity index (χ1v) is 9.01. The Morgan fingerprint density at radius 2 is 1.54 bits per heavy atom. The van der Waals surface area contributed by atoms with Crippen molar-refractivity contribution in [1.29, 1.82) is 0 Å². The smallest absolute Gasteiger partial charge is 0.257 e. The highest BCUT2D eigenvalue weighted by Gasteiger charge is 2.33. The van der Waals surface area contributed by atoms with Gasteiger partial charge in [-0.2, -0.15) is 0 Å². The molecule has 3 N–H and O–H groups in total. The number of hydrogen-bond acceptors (Lipinski definition) is 4. The topological polar surface area (TPSA) is 89.3 Å². The van der Waals surface area contributed by atoms with Crippen LogP contribution in [0.15, 0.2) is 54.6 Å². The monoisotopic (exact) mass is 410 g/mol. The Kier molecular flexibility index (Phi) is 4.41. The van der Waals surface area contributed by atoms with Crippen LogP contribution in [0.2, 0.25) is 10.0 Å². The molecule has 0 saturated carbocycles. The van der Waals surface area contributed by atoms with E-state index in [2.05, 4.69) is 5.32 Å². The van der Waals surface area contributed by atoms with E-state index in [9.17, 15) is 14.4 Å². The van der Waals surface area contributed by atoms with Crippen molar-refractivity contribution < 1.29 is 14.4 Å². The number of halogens is 2. The normalized spacial score (nSPS) is 12.4. The van der Waals surface area contributed by atoms with Crippen LogP contribution in [0.4, 0.5) is 11.4 Å². The summed E-state index contributed by atoms with van der Waals surface area (Å²) in [6.07, 6.45) is 0. The molecule has 0 radical (unpaired) electrons. The molecule has 138 valence electrons. The average molecular weight is 411 g/mol. The lowest BCUT2D eigenvalue weighted by molar-refractivity contribution is 0.0979. The lowest BCUT2D eigenvalue weighted by atomic mass is 9.82. The number of ketones is 2. The van der Waals surface area contributed by atoms with Gasteiger partial charge in [0.2, 0.25) is 0 Å². The fraction of sp³-hybridized carbons (Fsp3) is 0. The van der Waals surface area contributed by atoms with Crippen molar-refractivity contribution in [2.24, 2.45) is 0 Å². The maximum Gasteiger partial charge on any atom is 0.257 e. The summed E-state index contributed by atoms with van der Waals surface area (Å²) < 4.78 is 0.